The van der Waals surface area contributed by atoms with E-state index in [9.17, 15) is 0 Å². The van der Waals surface area contributed by atoms with E-state index in [1.807, 2.05) is 0 Å². The fraction of sp³-hybridized carbons (Fsp3) is 0. The molecule has 0 aromatic heterocycles. The van der Waals surface area contributed by atoms with Gasteiger partial charge in [-0.3, -0.25) is 0 Å². The minimum Gasteiger partial charge on any atom is 0 e. The molecular weight excluding hydrogens is 328 g/mol. The predicted molar refractivity (Wildman–Crippen MR) is 19.9 cm³/mol. The van der Waals surface area contributed by atoms with Crippen LogP contribution in [-0.4, -0.2) is 34.7 Å². The van der Waals surface area contributed by atoms with E-state index >= 15 is 0 Å². The molecule has 0 N–H and O–H groups in total. The van der Waals surface area contributed by atoms with Crippen LogP contribution < -0.4 is 0 Å². The summed E-state index contributed by atoms with van der Waals surface area (Å²) in [7, 11) is 0. The molecule has 0 aliphatic rings. The molecule has 5 heteroatoms. The van der Waals surface area contributed by atoms with Crippen molar-refractivity contribution in [1.82, 2.24) is 0 Å². The largest absolute Gasteiger partial charge is 0.187 e. The van der Waals surface area contributed by atoms with Gasteiger partial charge >= 0.3 is 0 Å². The summed E-state index contributed by atoms with van der Waals surface area (Å²) >= 11 is 0. The van der Waals surface area contributed by atoms with Crippen molar-refractivity contribution in [2.75, 3.05) is 0 Å². The summed E-state index contributed by atoms with van der Waals surface area (Å²) in [6.07, 6.45) is 0. The standard InChI is InChI=1S/2Al.3Zr.6H. The van der Waals surface area contributed by atoms with Gasteiger partial charge in [-0.25, -0.2) is 0 Å². The van der Waals surface area contributed by atoms with Crippen LogP contribution in [0.3, 0.4) is 0 Å². The zero-order valence-corrected chi connectivity index (χ0v) is 8.87. The maximum Gasteiger partial charge on any atom is 0.187 e. The van der Waals surface area contributed by atoms with Crippen molar-refractivity contribution in [3.8, 4) is 0 Å². The van der Waals surface area contributed by atoms with E-state index in [2.05, 4.69) is 0 Å². The van der Waals surface area contributed by atoms with E-state index < -0.39 is 0 Å². The Kier molecular flexibility index (Phi) is 190. The maximum atomic E-state index is 0. The van der Waals surface area contributed by atoms with Crippen molar-refractivity contribution in [2.24, 2.45) is 0 Å². The summed E-state index contributed by atoms with van der Waals surface area (Å²) in [5.41, 5.74) is 0. The Labute approximate surface area is 111 Å². The first-order chi connectivity index (χ1) is 0. The van der Waals surface area contributed by atoms with E-state index in [1.165, 1.54) is 0 Å². The predicted octanol–water partition coefficient (Wildman–Crippen LogP) is -2.38. The van der Waals surface area contributed by atoms with E-state index in [0.29, 0.717) is 0 Å². The molecule has 0 aliphatic heterocycles. The zero-order chi connectivity index (χ0) is 0. The summed E-state index contributed by atoms with van der Waals surface area (Å²) in [6, 6.07) is 0. The van der Waals surface area contributed by atoms with Crippen LogP contribution in [0.25, 0.3) is 0 Å². The van der Waals surface area contributed by atoms with Gasteiger partial charge in [-0.15, -0.1) is 0 Å². The van der Waals surface area contributed by atoms with Crippen LogP contribution in [0.15, 0.2) is 0 Å². The number of hydrogen-bond acceptors (Lipinski definition) is 0. The molecule has 0 aromatic carbocycles. The minimum absolute atomic E-state index is 0. The summed E-state index contributed by atoms with van der Waals surface area (Å²) < 4.78 is 0. The van der Waals surface area contributed by atoms with Gasteiger partial charge in [0, 0.05) is 78.6 Å². The second kappa shape index (κ2) is 25.2. The molecule has 0 aliphatic carbocycles. The first-order valence-electron chi connectivity index (χ1n) is 0. The third-order valence-corrected chi connectivity index (χ3v) is 0. The molecule has 0 radical (unpaired) electrons. The molecule has 0 nitrogen and oxygen atoms in total. The molecule has 0 unspecified atom stereocenters. The SMILES string of the molecule is [AlH3].[AlH3].[Zr].[Zr].[Zr]. The van der Waals surface area contributed by atoms with Crippen LogP contribution in [-0.2, 0) is 78.6 Å². The van der Waals surface area contributed by atoms with E-state index in [0.717, 1.165) is 0 Å². The Morgan fingerprint density at radius 1 is 0.400 bits per heavy atom. The van der Waals surface area contributed by atoms with Crippen LogP contribution in [0, 0.1) is 0 Å². The zero-order valence-electron chi connectivity index (χ0n) is 1.50. The smallest absolute Gasteiger partial charge is 0 e. The Morgan fingerprint density at radius 2 is 0.400 bits per heavy atom. The van der Waals surface area contributed by atoms with E-state index in [-0.39, 0.29) is 113 Å². The molecule has 0 atom stereocenters. The Balaban J connectivity index is 0. The number of rotatable bonds is 0. The van der Waals surface area contributed by atoms with Crippen molar-refractivity contribution in [1.29, 1.82) is 0 Å². The molecule has 24 valence electrons. The first-order valence-corrected chi connectivity index (χ1v) is 0. The van der Waals surface area contributed by atoms with Crippen molar-refractivity contribution in [3.05, 3.63) is 0 Å². The van der Waals surface area contributed by atoms with Crippen LogP contribution >= 0.6 is 0 Å². The fourth-order valence-corrected chi connectivity index (χ4v) is 0. The minimum atomic E-state index is 0. The summed E-state index contributed by atoms with van der Waals surface area (Å²) in [6.45, 7) is 0. The Morgan fingerprint density at radius 3 is 0.400 bits per heavy atom. The fourth-order valence-electron chi connectivity index (χ4n) is 0. The average Bonchev–Trinajstić information content (AvgIpc) is 0. The molecule has 0 fully saturated rings. The summed E-state index contributed by atoms with van der Waals surface area (Å²) in [5, 5.41) is 0. The van der Waals surface area contributed by atoms with Crippen LogP contribution in [0.2, 0.25) is 0 Å². The van der Waals surface area contributed by atoms with E-state index in [1.54, 1.807) is 0 Å². The van der Waals surface area contributed by atoms with Gasteiger partial charge in [0.05, 0.1) is 0 Å². The third kappa shape index (κ3) is 18.3. The van der Waals surface area contributed by atoms with Gasteiger partial charge < -0.3 is 0 Å². The van der Waals surface area contributed by atoms with Crippen molar-refractivity contribution < 1.29 is 78.6 Å². The normalized spacial score (nSPS) is 0. The Hall–Kier alpha value is 3.71. The second-order valence-corrected chi connectivity index (χ2v) is 0. The molecule has 0 amide bonds. The van der Waals surface area contributed by atoms with Gasteiger partial charge in [-0.05, 0) is 0 Å². The maximum absolute atomic E-state index is 0. The van der Waals surface area contributed by atoms with Crippen LogP contribution in [0.5, 0.6) is 0 Å². The monoisotopic (exact) mass is 330 g/mol. The molecule has 0 saturated heterocycles. The van der Waals surface area contributed by atoms with Gasteiger partial charge in [0.15, 0.2) is 34.7 Å². The van der Waals surface area contributed by atoms with Gasteiger partial charge in [-0.1, -0.05) is 0 Å². The summed E-state index contributed by atoms with van der Waals surface area (Å²) in [4.78, 5) is 0. The molecule has 5 heavy (non-hydrogen) atoms. The van der Waals surface area contributed by atoms with Gasteiger partial charge in [-0.2, -0.15) is 0 Å². The Bertz CT molecular complexity index is 4.85. The quantitative estimate of drug-likeness (QED) is 0.435. The van der Waals surface area contributed by atoms with Gasteiger partial charge in [0.2, 0.25) is 0 Å². The number of hydrogen-bond donors (Lipinski definition) is 0. The molecule has 0 aromatic rings. The average molecular weight is 334 g/mol. The van der Waals surface area contributed by atoms with Crippen molar-refractivity contribution in [3.63, 3.8) is 0 Å². The van der Waals surface area contributed by atoms with E-state index in [4.69, 9.17) is 0 Å². The topological polar surface area (TPSA) is 0 Å². The molecule has 0 spiro atoms. The van der Waals surface area contributed by atoms with Gasteiger partial charge in [0.1, 0.15) is 0 Å². The molecule has 0 heterocycles. The first kappa shape index (κ1) is 37.6. The van der Waals surface area contributed by atoms with Crippen molar-refractivity contribution >= 4 is 34.7 Å². The summed E-state index contributed by atoms with van der Waals surface area (Å²) in [5.74, 6) is 0. The third-order valence-electron chi connectivity index (χ3n) is 0. The van der Waals surface area contributed by atoms with Crippen LogP contribution in [0.4, 0.5) is 0 Å². The molecule has 0 saturated carbocycles. The second-order valence-electron chi connectivity index (χ2n) is 0. The van der Waals surface area contributed by atoms with Gasteiger partial charge in [0.25, 0.3) is 0 Å². The molecular formula is H6Al2Zr3. The molecule has 0 bridgehead atoms. The van der Waals surface area contributed by atoms with Crippen LogP contribution in [0.1, 0.15) is 0 Å². The molecule has 0 rings (SSSR count). The van der Waals surface area contributed by atoms with Crippen molar-refractivity contribution in [2.45, 2.75) is 0 Å².